The normalized spacial score (nSPS) is 12.7. The topological polar surface area (TPSA) is 83.5 Å². The Morgan fingerprint density at radius 2 is 1.71 bits per heavy atom. The fraction of sp³-hybridized carbons (Fsp3) is 0.278. The van der Waals surface area contributed by atoms with Gasteiger partial charge in [-0.05, 0) is 37.5 Å². The van der Waals surface area contributed by atoms with Crippen LogP contribution in [0.2, 0.25) is 0 Å². The van der Waals surface area contributed by atoms with Crippen LogP contribution in [0.25, 0.3) is 0 Å². The lowest BCUT2D eigenvalue weighted by Crippen LogP contribution is -2.36. The number of aliphatic carboxylic acids is 1. The molecule has 0 aliphatic rings. The van der Waals surface area contributed by atoms with Gasteiger partial charge in [0.2, 0.25) is 10.0 Å². The lowest BCUT2D eigenvalue weighted by Gasteiger charge is -2.18. The molecule has 1 atom stereocenters. The van der Waals surface area contributed by atoms with Crippen molar-refractivity contribution in [3.8, 4) is 0 Å². The zero-order chi connectivity index (χ0) is 17.6. The average molecular weight is 347 g/mol. The lowest BCUT2D eigenvalue weighted by molar-refractivity contribution is -0.137. The summed E-state index contributed by atoms with van der Waals surface area (Å²) in [7, 11) is -3.69. The fourth-order valence-corrected chi connectivity index (χ4v) is 3.67. The van der Waals surface area contributed by atoms with Gasteiger partial charge < -0.3 is 5.11 Å². The highest BCUT2D eigenvalue weighted by atomic mass is 32.2. The van der Waals surface area contributed by atoms with Crippen molar-refractivity contribution in [3.63, 3.8) is 0 Å². The largest absolute Gasteiger partial charge is 0.481 e. The van der Waals surface area contributed by atoms with Gasteiger partial charge in [-0.25, -0.2) is 13.1 Å². The molecule has 0 heterocycles. The second kappa shape index (κ2) is 8.08. The standard InChI is InChI=1S/C18H21NO4S/c1-14-7-10-17(11-8-14)24(22,23)19-16(9-12-18(20)21)13-15-5-3-2-4-6-15/h2-8,10-11,16,19H,9,12-13H2,1H3,(H,20,21). The number of rotatable bonds is 8. The molecule has 0 bridgehead atoms. The van der Waals surface area contributed by atoms with E-state index in [1.807, 2.05) is 37.3 Å². The molecule has 0 fully saturated rings. The van der Waals surface area contributed by atoms with Gasteiger partial charge in [0.25, 0.3) is 0 Å². The lowest BCUT2D eigenvalue weighted by atomic mass is 10.0. The van der Waals surface area contributed by atoms with Gasteiger partial charge in [0.1, 0.15) is 0 Å². The molecule has 0 saturated heterocycles. The van der Waals surface area contributed by atoms with Crippen LogP contribution in [0.4, 0.5) is 0 Å². The molecule has 0 aliphatic carbocycles. The van der Waals surface area contributed by atoms with E-state index in [4.69, 9.17) is 5.11 Å². The van der Waals surface area contributed by atoms with Crippen molar-refractivity contribution in [2.24, 2.45) is 0 Å². The maximum absolute atomic E-state index is 12.5. The minimum absolute atomic E-state index is 0.0894. The van der Waals surface area contributed by atoms with Crippen LogP contribution in [0, 0.1) is 6.92 Å². The fourth-order valence-electron chi connectivity index (χ4n) is 2.40. The molecule has 0 aliphatic heterocycles. The smallest absolute Gasteiger partial charge is 0.303 e. The number of hydrogen-bond acceptors (Lipinski definition) is 3. The third-order valence-corrected chi connectivity index (χ3v) is 5.22. The first-order valence-corrected chi connectivity index (χ1v) is 9.20. The minimum Gasteiger partial charge on any atom is -0.481 e. The number of carboxylic acids is 1. The van der Waals surface area contributed by atoms with Gasteiger partial charge in [0.05, 0.1) is 4.90 Å². The third kappa shape index (κ3) is 5.47. The molecule has 128 valence electrons. The van der Waals surface area contributed by atoms with E-state index in [0.717, 1.165) is 11.1 Å². The van der Waals surface area contributed by atoms with Crippen LogP contribution >= 0.6 is 0 Å². The second-order valence-electron chi connectivity index (χ2n) is 5.75. The molecule has 24 heavy (non-hydrogen) atoms. The zero-order valence-electron chi connectivity index (χ0n) is 13.5. The van der Waals surface area contributed by atoms with Crippen molar-refractivity contribution in [1.82, 2.24) is 4.72 Å². The SMILES string of the molecule is Cc1ccc(S(=O)(=O)NC(CCC(=O)O)Cc2ccccc2)cc1. The monoisotopic (exact) mass is 347 g/mol. The van der Waals surface area contributed by atoms with Crippen LogP contribution in [0.3, 0.4) is 0 Å². The van der Waals surface area contributed by atoms with Crippen molar-refractivity contribution in [2.45, 2.75) is 37.1 Å². The molecule has 0 radical (unpaired) electrons. The summed E-state index contributed by atoms with van der Waals surface area (Å²) in [4.78, 5) is 11.0. The molecule has 6 heteroatoms. The molecule has 2 aromatic carbocycles. The maximum atomic E-state index is 12.5. The summed E-state index contributed by atoms with van der Waals surface area (Å²) in [5.74, 6) is -0.942. The van der Waals surface area contributed by atoms with Gasteiger partial charge in [0, 0.05) is 12.5 Å². The molecule has 5 nitrogen and oxygen atoms in total. The average Bonchev–Trinajstić information content (AvgIpc) is 2.54. The van der Waals surface area contributed by atoms with Gasteiger partial charge in [-0.1, -0.05) is 48.0 Å². The molecule has 0 spiro atoms. The van der Waals surface area contributed by atoms with Gasteiger partial charge in [-0.15, -0.1) is 0 Å². The van der Waals surface area contributed by atoms with E-state index in [1.54, 1.807) is 24.3 Å². The quantitative estimate of drug-likeness (QED) is 0.769. The number of carbonyl (C=O) groups is 1. The summed E-state index contributed by atoms with van der Waals surface area (Å²) in [6, 6.07) is 15.5. The third-order valence-electron chi connectivity index (χ3n) is 3.68. The molecule has 0 amide bonds. The van der Waals surface area contributed by atoms with Crippen LogP contribution in [0.5, 0.6) is 0 Å². The van der Waals surface area contributed by atoms with Crippen LogP contribution in [-0.2, 0) is 21.2 Å². The summed E-state index contributed by atoms with van der Waals surface area (Å²) in [6.07, 6.45) is 0.586. The van der Waals surface area contributed by atoms with E-state index in [0.29, 0.717) is 6.42 Å². The molecule has 2 aromatic rings. The highest BCUT2D eigenvalue weighted by molar-refractivity contribution is 7.89. The summed E-state index contributed by atoms with van der Waals surface area (Å²) in [5, 5.41) is 8.90. The number of nitrogens with one attached hydrogen (secondary N) is 1. The molecule has 0 aromatic heterocycles. The molecular formula is C18H21NO4S. The van der Waals surface area contributed by atoms with Gasteiger partial charge in [0.15, 0.2) is 0 Å². The Morgan fingerprint density at radius 1 is 1.08 bits per heavy atom. The number of sulfonamides is 1. The van der Waals surface area contributed by atoms with E-state index >= 15 is 0 Å². The molecular weight excluding hydrogens is 326 g/mol. The summed E-state index contributed by atoms with van der Waals surface area (Å²) >= 11 is 0. The Hall–Kier alpha value is -2.18. The Bertz CT molecular complexity index is 770. The van der Waals surface area contributed by atoms with Crippen LogP contribution in [-0.4, -0.2) is 25.5 Å². The summed E-state index contributed by atoms with van der Waals surface area (Å²) in [5.41, 5.74) is 1.93. The molecule has 1 unspecified atom stereocenters. The first-order chi connectivity index (χ1) is 11.4. The van der Waals surface area contributed by atoms with E-state index in [1.165, 1.54) is 0 Å². The maximum Gasteiger partial charge on any atom is 0.303 e. The van der Waals surface area contributed by atoms with Crippen molar-refractivity contribution in [1.29, 1.82) is 0 Å². The van der Waals surface area contributed by atoms with E-state index in [-0.39, 0.29) is 17.7 Å². The van der Waals surface area contributed by atoms with E-state index < -0.39 is 22.0 Å². The number of carboxylic acid groups (broad SMARTS) is 1. The molecule has 0 saturated carbocycles. The predicted molar refractivity (Wildman–Crippen MR) is 92.3 cm³/mol. The number of benzene rings is 2. The second-order valence-corrected chi connectivity index (χ2v) is 7.47. The molecule has 2 rings (SSSR count). The van der Waals surface area contributed by atoms with Crippen molar-refractivity contribution < 1.29 is 18.3 Å². The van der Waals surface area contributed by atoms with Crippen LogP contribution < -0.4 is 4.72 Å². The van der Waals surface area contributed by atoms with Gasteiger partial charge in [-0.2, -0.15) is 0 Å². The predicted octanol–water partition coefficient (Wildman–Crippen LogP) is 2.75. The Morgan fingerprint density at radius 3 is 2.29 bits per heavy atom. The summed E-state index contributed by atoms with van der Waals surface area (Å²) in [6.45, 7) is 1.88. The van der Waals surface area contributed by atoms with E-state index in [2.05, 4.69) is 4.72 Å². The first kappa shape index (κ1) is 18.2. The Kier molecular flexibility index (Phi) is 6.11. The Labute approximate surface area is 142 Å². The highest BCUT2D eigenvalue weighted by Crippen LogP contribution is 2.14. The van der Waals surface area contributed by atoms with Crippen LogP contribution in [0.1, 0.15) is 24.0 Å². The van der Waals surface area contributed by atoms with Crippen molar-refractivity contribution in [3.05, 3.63) is 65.7 Å². The highest BCUT2D eigenvalue weighted by Gasteiger charge is 2.21. The first-order valence-electron chi connectivity index (χ1n) is 7.71. The van der Waals surface area contributed by atoms with Gasteiger partial charge in [-0.3, -0.25) is 4.79 Å². The van der Waals surface area contributed by atoms with Gasteiger partial charge >= 0.3 is 5.97 Å². The van der Waals surface area contributed by atoms with E-state index in [9.17, 15) is 13.2 Å². The minimum atomic E-state index is -3.69. The zero-order valence-corrected chi connectivity index (χ0v) is 14.3. The molecule has 2 N–H and O–H groups in total. The van der Waals surface area contributed by atoms with Crippen molar-refractivity contribution >= 4 is 16.0 Å². The Balaban J connectivity index is 2.16. The van der Waals surface area contributed by atoms with Crippen LogP contribution in [0.15, 0.2) is 59.5 Å². The number of aryl methyl sites for hydroxylation is 1. The summed E-state index contributed by atoms with van der Waals surface area (Å²) < 4.78 is 27.7. The number of hydrogen-bond donors (Lipinski definition) is 2. The van der Waals surface area contributed by atoms with Crippen molar-refractivity contribution in [2.75, 3.05) is 0 Å².